The summed E-state index contributed by atoms with van der Waals surface area (Å²) in [6, 6.07) is 7.60. The van der Waals surface area contributed by atoms with E-state index >= 15 is 0 Å². The number of rotatable bonds is 1. The van der Waals surface area contributed by atoms with Crippen LogP contribution in [0.4, 0.5) is 0 Å². The van der Waals surface area contributed by atoms with Crippen LogP contribution in [0.2, 0.25) is 5.02 Å². The third-order valence-electron chi connectivity index (χ3n) is 4.74. The van der Waals surface area contributed by atoms with Crippen LogP contribution < -0.4 is 0 Å². The van der Waals surface area contributed by atoms with Gasteiger partial charge in [-0.2, -0.15) is 0 Å². The molecule has 0 unspecified atom stereocenters. The number of fused-ring (bicyclic) bond motifs is 2. The van der Waals surface area contributed by atoms with E-state index in [1.54, 1.807) is 6.20 Å². The van der Waals surface area contributed by atoms with Gasteiger partial charge in [-0.15, -0.1) is 0 Å². The summed E-state index contributed by atoms with van der Waals surface area (Å²) in [4.78, 5) is 26.8. The second-order valence-electron chi connectivity index (χ2n) is 6.12. The number of nitrogens with zero attached hydrogens (tertiary/aromatic N) is 3. The minimum atomic E-state index is -0.0938. The number of aromatic nitrogens is 3. The van der Waals surface area contributed by atoms with E-state index in [1.165, 1.54) is 0 Å². The number of carbonyl (C=O) groups excluding carboxylic acids is 1. The lowest BCUT2D eigenvalue weighted by Crippen LogP contribution is -2.39. The van der Waals surface area contributed by atoms with Crippen molar-refractivity contribution in [2.45, 2.75) is 26.3 Å². The van der Waals surface area contributed by atoms with Crippen molar-refractivity contribution < 1.29 is 4.79 Å². The second kappa shape index (κ2) is 5.60. The Balaban J connectivity index is 1.71. The van der Waals surface area contributed by atoms with Gasteiger partial charge in [0.15, 0.2) is 5.82 Å². The van der Waals surface area contributed by atoms with Gasteiger partial charge in [-0.05, 0) is 43.2 Å². The molecule has 2 aromatic heterocycles. The van der Waals surface area contributed by atoms with Crippen LogP contribution in [-0.2, 0) is 6.42 Å². The molecule has 1 aromatic carbocycles. The fourth-order valence-corrected chi connectivity index (χ4v) is 3.48. The molecule has 122 valence electrons. The average molecular weight is 341 g/mol. The number of carbonyl (C=O) groups is 1. The Labute approximate surface area is 144 Å². The van der Waals surface area contributed by atoms with Gasteiger partial charge >= 0.3 is 0 Å². The van der Waals surface area contributed by atoms with Crippen LogP contribution in [-0.4, -0.2) is 32.3 Å². The number of halogens is 1. The zero-order chi connectivity index (χ0) is 16.8. The molecule has 3 heterocycles. The normalized spacial score (nSPS) is 17.1. The standard InChI is InChI=1S/C18H17ClN4O/c1-10-13(19)5-6-15-16(10)22-17(21-15)18(24)23-9-7-14-12(11(23)2)4-3-8-20-14/h3-6,8,11H,7,9H2,1-2H3,(H,21,22)/t11-/m1/s1. The SMILES string of the molecule is Cc1c(Cl)ccc2[nH]c(C(=O)N3CCc4ncccc4[C@H]3C)nc12. The maximum atomic E-state index is 13.0. The molecule has 1 aliphatic heterocycles. The van der Waals surface area contributed by atoms with Gasteiger partial charge in [0.25, 0.3) is 5.91 Å². The lowest BCUT2D eigenvalue weighted by molar-refractivity contribution is 0.0665. The van der Waals surface area contributed by atoms with Crippen LogP contribution in [0.25, 0.3) is 11.0 Å². The second-order valence-corrected chi connectivity index (χ2v) is 6.53. The summed E-state index contributed by atoms with van der Waals surface area (Å²) in [7, 11) is 0. The summed E-state index contributed by atoms with van der Waals surface area (Å²) in [6.45, 7) is 4.58. The van der Waals surface area contributed by atoms with Gasteiger partial charge in [0, 0.05) is 29.9 Å². The molecule has 3 aromatic rings. The molecule has 1 N–H and O–H groups in total. The Hall–Kier alpha value is -2.40. The number of hydrogen-bond donors (Lipinski definition) is 1. The van der Waals surface area contributed by atoms with E-state index in [4.69, 9.17) is 11.6 Å². The van der Waals surface area contributed by atoms with Crippen molar-refractivity contribution in [1.82, 2.24) is 19.9 Å². The number of nitrogens with one attached hydrogen (secondary N) is 1. The molecule has 1 atom stereocenters. The molecule has 24 heavy (non-hydrogen) atoms. The first-order chi connectivity index (χ1) is 11.6. The zero-order valence-corrected chi connectivity index (χ0v) is 14.3. The molecule has 0 fully saturated rings. The van der Waals surface area contributed by atoms with Gasteiger partial charge in [-0.25, -0.2) is 4.98 Å². The lowest BCUT2D eigenvalue weighted by Gasteiger charge is -2.34. The molecular weight excluding hydrogens is 324 g/mol. The fraction of sp³-hybridized carbons (Fsp3) is 0.278. The van der Waals surface area contributed by atoms with Crippen LogP contribution in [0.15, 0.2) is 30.5 Å². The molecule has 6 heteroatoms. The van der Waals surface area contributed by atoms with Crippen molar-refractivity contribution in [2.75, 3.05) is 6.54 Å². The van der Waals surface area contributed by atoms with Crippen molar-refractivity contribution in [2.24, 2.45) is 0 Å². The van der Waals surface area contributed by atoms with Gasteiger partial charge in [0.2, 0.25) is 0 Å². The van der Waals surface area contributed by atoms with Gasteiger partial charge in [-0.1, -0.05) is 17.7 Å². The Kier molecular flexibility index (Phi) is 3.53. The first-order valence-corrected chi connectivity index (χ1v) is 8.33. The summed E-state index contributed by atoms with van der Waals surface area (Å²) in [5.74, 6) is 0.262. The first kappa shape index (κ1) is 15.1. The van der Waals surface area contributed by atoms with E-state index < -0.39 is 0 Å². The maximum absolute atomic E-state index is 13.0. The number of aromatic amines is 1. The van der Waals surface area contributed by atoms with E-state index in [9.17, 15) is 4.79 Å². The lowest BCUT2D eigenvalue weighted by atomic mass is 9.98. The highest BCUT2D eigenvalue weighted by Crippen LogP contribution is 2.30. The molecule has 0 spiro atoms. The predicted molar refractivity (Wildman–Crippen MR) is 93.2 cm³/mol. The van der Waals surface area contributed by atoms with Gasteiger partial charge in [0.05, 0.1) is 17.1 Å². The van der Waals surface area contributed by atoms with E-state index in [0.717, 1.165) is 34.3 Å². The molecule has 1 aliphatic rings. The Morgan fingerprint density at radius 1 is 1.38 bits per heavy atom. The molecular formula is C18H17ClN4O. The van der Waals surface area contributed by atoms with E-state index in [1.807, 2.05) is 43.0 Å². The van der Waals surface area contributed by atoms with E-state index in [-0.39, 0.29) is 11.9 Å². The van der Waals surface area contributed by atoms with E-state index in [2.05, 4.69) is 15.0 Å². The number of aryl methyl sites for hydroxylation is 1. The zero-order valence-electron chi connectivity index (χ0n) is 13.5. The van der Waals surface area contributed by atoms with Crippen LogP contribution in [0.5, 0.6) is 0 Å². The number of amides is 1. The van der Waals surface area contributed by atoms with Crippen LogP contribution in [0.3, 0.4) is 0 Å². The molecule has 0 saturated heterocycles. The summed E-state index contributed by atoms with van der Waals surface area (Å²) in [5, 5.41) is 0.652. The Morgan fingerprint density at radius 3 is 3.04 bits per heavy atom. The van der Waals surface area contributed by atoms with Crippen LogP contribution in [0.1, 0.15) is 40.4 Å². The van der Waals surface area contributed by atoms with Crippen molar-refractivity contribution in [3.63, 3.8) is 0 Å². The summed E-state index contributed by atoms with van der Waals surface area (Å²) < 4.78 is 0. The maximum Gasteiger partial charge on any atom is 0.290 e. The van der Waals surface area contributed by atoms with Crippen molar-refractivity contribution in [3.05, 3.63) is 58.1 Å². The van der Waals surface area contributed by atoms with E-state index in [0.29, 0.717) is 17.4 Å². The van der Waals surface area contributed by atoms with Gasteiger partial charge in [-0.3, -0.25) is 9.78 Å². The van der Waals surface area contributed by atoms with Crippen molar-refractivity contribution in [1.29, 1.82) is 0 Å². The number of H-pyrrole nitrogens is 1. The summed E-state index contributed by atoms with van der Waals surface area (Å²) in [5.41, 5.74) is 4.63. The molecule has 1 amide bonds. The number of benzene rings is 1. The van der Waals surface area contributed by atoms with Crippen LogP contribution >= 0.6 is 11.6 Å². The molecule has 0 saturated carbocycles. The number of imidazole rings is 1. The molecule has 5 nitrogen and oxygen atoms in total. The molecule has 4 rings (SSSR count). The summed E-state index contributed by atoms with van der Waals surface area (Å²) >= 11 is 6.15. The molecule has 0 radical (unpaired) electrons. The fourth-order valence-electron chi connectivity index (χ4n) is 3.33. The van der Waals surface area contributed by atoms with Gasteiger partial charge in [0.1, 0.15) is 0 Å². The molecule has 0 aliphatic carbocycles. The number of pyridine rings is 1. The predicted octanol–water partition coefficient (Wildman–Crippen LogP) is 3.68. The first-order valence-electron chi connectivity index (χ1n) is 7.96. The molecule has 0 bridgehead atoms. The van der Waals surface area contributed by atoms with Crippen molar-refractivity contribution >= 4 is 28.5 Å². The largest absolute Gasteiger partial charge is 0.334 e. The minimum absolute atomic E-state index is 0.0205. The Morgan fingerprint density at radius 2 is 2.21 bits per heavy atom. The highest BCUT2D eigenvalue weighted by molar-refractivity contribution is 6.32. The highest BCUT2D eigenvalue weighted by atomic mass is 35.5. The topological polar surface area (TPSA) is 61.9 Å². The summed E-state index contributed by atoms with van der Waals surface area (Å²) in [6.07, 6.45) is 2.56. The third-order valence-corrected chi connectivity index (χ3v) is 5.15. The Bertz CT molecular complexity index is 949. The quantitative estimate of drug-likeness (QED) is 0.735. The van der Waals surface area contributed by atoms with Crippen LogP contribution in [0, 0.1) is 6.92 Å². The van der Waals surface area contributed by atoms with Gasteiger partial charge < -0.3 is 9.88 Å². The monoisotopic (exact) mass is 340 g/mol. The minimum Gasteiger partial charge on any atom is -0.334 e. The smallest absolute Gasteiger partial charge is 0.290 e. The third kappa shape index (κ3) is 2.27. The highest BCUT2D eigenvalue weighted by Gasteiger charge is 2.30. The van der Waals surface area contributed by atoms with Crippen molar-refractivity contribution in [3.8, 4) is 0 Å². The average Bonchev–Trinajstić information content (AvgIpc) is 3.03. The number of hydrogen-bond acceptors (Lipinski definition) is 3.